The van der Waals surface area contributed by atoms with Gasteiger partial charge in [-0.1, -0.05) is 6.07 Å². The van der Waals surface area contributed by atoms with Crippen LogP contribution < -0.4 is 15.4 Å². The molecule has 1 N–H and O–H groups in total. The highest BCUT2D eigenvalue weighted by Crippen LogP contribution is 2.19. The molecule has 0 unspecified atom stereocenters. The van der Waals surface area contributed by atoms with Crippen molar-refractivity contribution < 1.29 is 9.53 Å². The molecule has 0 aliphatic carbocycles. The predicted molar refractivity (Wildman–Crippen MR) is 90.5 cm³/mol. The van der Waals surface area contributed by atoms with Crippen molar-refractivity contribution in [3.63, 3.8) is 0 Å². The number of aromatic nitrogens is 3. The molecule has 3 heterocycles. The molecule has 122 valence electrons. The molecule has 3 aliphatic heterocycles. The first-order chi connectivity index (χ1) is 12.3. The molecule has 8 nitrogen and oxygen atoms in total. The van der Waals surface area contributed by atoms with Crippen LogP contribution in [0.3, 0.4) is 0 Å². The molecule has 1 aromatic rings. The maximum Gasteiger partial charge on any atom is 0.283 e. The fourth-order valence-electron chi connectivity index (χ4n) is 2.37. The Kier molecular flexibility index (Phi) is 3.83. The van der Waals surface area contributed by atoms with Crippen molar-refractivity contribution in [2.45, 2.75) is 0 Å². The van der Waals surface area contributed by atoms with Gasteiger partial charge in [0.05, 0.1) is 17.2 Å². The zero-order valence-electron chi connectivity index (χ0n) is 13.0. The van der Waals surface area contributed by atoms with Crippen molar-refractivity contribution in [2.75, 3.05) is 6.61 Å². The van der Waals surface area contributed by atoms with E-state index in [0.29, 0.717) is 22.4 Å². The summed E-state index contributed by atoms with van der Waals surface area (Å²) < 4.78 is 5.45. The van der Waals surface area contributed by atoms with Gasteiger partial charge in [0.15, 0.2) is 12.1 Å². The van der Waals surface area contributed by atoms with Gasteiger partial charge in [0, 0.05) is 36.1 Å². The largest absolute Gasteiger partial charge is 0.484 e. The molecule has 25 heavy (non-hydrogen) atoms. The van der Waals surface area contributed by atoms with E-state index in [1.165, 1.54) is 12.4 Å². The first kappa shape index (κ1) is 14.9. The number of aliphatic imine (C=N–C) groups is 2. The number of rotatable bonds is 0. The fraction of sp³-hybridized carbons (Fsp3) is 0.0588. The Bertz CT molecular complexity index is 1180. The maximum absolute atomic E-state index is 11.7. The summed E-state index contributed by atoms with van der Waals surface area (Å²) in [6, 6.07) is 7.11. The van der Waals surface area contributed by atoms with Crippen LogP contribution in [0.4, 0.5) is 5.69 Å². The second kappa shape index (κ2) is 6.44. The van der Waals surface area contributed by atoms with Crippen molar-refractivity contribution >= 4 is 30.2 Å². The molecule has 0 atom stereocenters. The van der Waals surface area contributed by atoms with Gasteiger partial charge in [-0.2, -0.15) is 0 Å². The minimum absolute atomic E-state index is 0.157. The van der Waals surface area contributed by atoms with E-state index in [-0.39, 0.29) is 6.61 Å². The molecule has 0 radical (unpaired) electrons. The average Bonchev–Trinajstić information content (AvgIpc) is 3.04. The summed E-state index contributed by atoms with van der Waals surface area (Å²) in [5.74, 6) is 0.125. The van der Waals surface area contributed by atoms with Crippen LogP contribution in [0.25, 0.3) is 6.20 Å². The van der Waals surface area contributed by atoms with Gasteiger partial charge < -0.3 is 9.72 Å². The summed E-state index contributed by atoms with van der Waals surface area (Å²) in [5.41, 5.74) is 1.83. The van der Waals surface area contributed by atoms with Crippen LogP contribution in [0.5, 0.6) is 5.75 Å². The first-order valence-corrected chi connectivity index (χ1v) is 7.48. The molecular formula is C17H12N6O2. The van der Waals surface area contributed by atoms with Gasteiger partial charge in [0.2, 0.25) is 0 Å². The number of carbonyl (C=O) groups is 1. The van der Waals surface area contributed by atoms with Crippen LogP contribution >= 0.6 is 0 Å². The molecule has 3 aliphatic rings. The number of hydrogen-bond acceptors (Lipinski definition) is 6. The quantitative estimate of drug-likeness (QED) is 0.638. The Morgan fingerprint density at radius 1 is 1.16 bits per heavy atom. The number of benzene rings is 1. The van der Waals surface area contributed by atoms with Gasteiger partial charge in [0.25, 0.3) is 5.91 Å². The zero-order chi connectivity index (χ0) is 17.1. The molecule has 1 aromatic carbocycles. The Labute approximate surface area is 141 Å². The van der Waals surface area contributed by atoms with Crippen molar-refractivity contribution in [1.29, 1.82) is 0 Å². The molecule has 0 saturated heterocycles. The third-order valence-electron chi connectivity index (χ3n) is 3.47. The minimum atomic E-state index is -0.402. The summed E-state index contributed by atoms with van der Waals surface area (Å²) in [7, 11) is 0. The second-order valence-corrected chi connectivity index (χ2v) is 5.16. The van der Waals surface area contributed by atoms with E-state index >= 15 is 0 Å². The van der Waals surface area contributed by atoms with Crippen molar-refractivity contribution in [3.05, 3.63) is 58.2 Å². The lowest BCUT2D eigenvalue weighted by atomic mass is 10.3. The molecule has 0 spiro atoms. The minimum Gasteiger partial charge on any atom is -0.484 e. The monoisotopic (exact) mass is 332 g/mol. The number of H-pyrrole nitrogens is 1. The first-order valence-electron chi connectivity index (χ1n) is 7.48. The standard InChI is InChI=1S/C17H12N6O2/c24-14-9-25-13-3-1-2-12(6-13)23-17-15-11(7-18-4-5-19-14)8-20-16(15)21-10-22-17/h1-8,10H,9H2,(H,21,22,23)/b11-7-,18-4-,19-5-. The lowest BCUT2D eigenvalue weighted by Gasteiger charge is -2.03. The summed E-state index contributed by atoms with van der Waals surface area (Å²) >= 11 is 0. The van der Waals surface area contributed by atoms with Crippen molar-refractivity contribution in [2.24, 2.45) is 15.0 Å². The molecule has 0 fully saturated rings. The summed E-state index contributed by atoms with van der Waals surface area (Å²) in [4.78, 5) is 35.7. The van der Waals surface area contributed by atoms with Crippen molar-refractivity contribution in [3.8, 4) is 5.75 Å². The Balaban J connectivity index is 2.00. The third kappa shape index (κ3) is 3.18. The highest BCUT2D eigenvalue weighted by atomic mass is 16.5. The van der Waals surface area contributed by atoms with Gasteiger partial charge in [-0.05, 0) is 12.1 Å². The Hall–Kier alpha value is -3.68. The number of ether oxygens (including phenoxy) is 1. The van der Waals surface area contributed by atoms with Crippen LogP contribution in [0.15, 0.2) is 51.8 Å². The molecule has 8 heteroatoms. The average molecular weight is 332 g/mol. The van der Waals surface area contributed by atoms with Gasteiger partial charge in [-0.3, -0.25) is 9.79 Å². The van der Waals surface area contributed by atoms with Gasteiger partial charge in [0.1, 0.15) is 11.2 Å². The van der Waals surface area contributed by atoms with E-state index in [4.69, 9.17) is 4.74 Å². The van der Waals surface area contributed by atoms with E-state index in [1.807, 2.05) is 6.07 Å². The second-order valence-electron chi connectivity index (χ2n) is 5.16. The number of carbonyl (C=O) groups excluding carboxylic acids is 1. The van der Waals surface area contributed by atoms with Gasteiger partial charge in [-0.25, -0.2) is 20.0 Å². The topological polar surface area (TPSA) is 105 Å². The van der Waals surface area contributed by atoms with Gasteiger partial charge in [-0.15, -0.1) is 0 Å². The molecule has 4 rings (SSSR count). The highest BCUT2D eigenvalue weighted by molar-refractivity contribution is 6.19. The number of hydrogen-bond donors (Lipinski definition) is 1. The van der Waals surface area contributed by atoms with E-state index in [1.54, 1.807) is 36.9 Å². The predicted octanol–water partition coefficient (Wildman–Crippen LogP) is 0.279. The summed E-state index contributed by atoms with van der Waals surface area (Å²) in [5, 5.41) is 1.52. The normalized spacial score (nSPS) is 19.4. The van der Waals surface area contributed by atoms with Crippen LogP contribution in [0, 0.1) is 10.7 Å². The van der Waals surface area contributed by atoms with Crippen LogP contribution in [-0.2, 0) is 4.79 Å². The highest BCUT2D eigenvalue weighted by Gasteiger charge is 2.03. The van der Waals surface area contributed by atoms with Crippen LogP contribution in [0.2, 0.25) is 0 Å². The van der Waals surface area contributed by atoms with Crippen molar-refractivity contribution in [1.82, 2.24) is 15.0 Å². The van der Waals surface area contributed by atoms with E-state index < -0.39 is 5.91 Å². The lowest BCUT2D eigenvalue weighted by molar-refractivity contribution is -0.119. The van der Waals surface area contributed by atoms with E-state index in [0.717, 1.165) is 10.4 Å². The van der Waals surface area contributed by atoms with E-state index in [9.17, 15) is 4.79 Å². The number of fused-ring (bicyclic) bond motifs is 2. The lowest BCUT2D eigenvalue weighted by Crippen LogP contribution is -2.17. The summed E-state index contributed by atoms with van der Waals surface area (Å²) in [6.07, 6.45) is 7.59. The smallest absolute Gasteiger partial charge is 0.283 e. The van der Waals surface area contributed by atoms with Crippen LogP contribution in [0.1, 0.15) is 0 Å². The number of nitrogens with one attached hydrogen (secondary N) is 1. The molecule has 1 amide bonds. The number of amides is 1. The van der Waals surface area contributed by atoms with Gasteiger partial charge >= 0.3 is 0 Å². The third-order valence-corrected chi connectivity index (χ3v) is 3.47. The fourth-order valence-corrected chi connectivity index (χ4v) is 2.37. The number of aromatic amines is 1. The Morgan fingerprint density at radius 3 is 3.08 bits per heavy atom. The molecular weight excluding hydrogens is 320 g/mol. The van der Waals surface area contributed by atoms with E-state index in [2.05, 4.69) is 29.9 Å². The molecule has 0 saturated carbocycles. The Morgan fingerprint density at radius 2 is 2.12 bits per heavy atom. The maximum atomic E-state index is 11.7. The SMILES string of the molecule is O=C1COc2cccc(c2)/N=c2/nc[nH]c3nc/c(c2=3)=C/N=C\C=N/1. The number of nitrogens with zero attached hydrogens (tertiary/aromatic N) is 5. The molecule has 2 bridgehead atoms. The zero-order valence-corrected chi connectivity index (χ0v) is 13.0. The summed E-state index contributed by atoms with van der Waals surface area (Å²) in [6.45, 7) is -0.157. The van der Waals surface area contributed by atoms with Crippen LogP contribution in [-0.4, -0.2) is 39.9 Å². The molecule has 0 aromatic heterocycles.